The maximum atomic E-state index is 14.2. The lowest BCUT2D eigenvalue weighted by atomic mass is 10.0. The van der Waals surface area contributed by atoms with E-state index < -0.39 is 17.9 Å². The molecular formula is C27H31N5O5S. The maximum absolute atomic E-state index is 14.2. The Bertz CT molecular complexity index is 1350. The highest BCUT2D eigenvalue weighted by molar-refractivity contribution is 7.09. The van der Waals surface area contributed by atoms with Crippen LogP contribution in [0.3, 0.4) is 0 Å². The molecule has 3 amide bonds. The Labute approximate surface area is 225 Å². The van der Waals surface area contributed by atoms with Crippen molar-refractivity contribution in [2.24, 2.45) is 5.73 Å². The van der Waals surface area contributed by atoms with Gasteiger partial charge in [-0.15, -0.1) is 0 Å². The summed E-state index contributed by atoms with van der Waals surface area (Å²) in [4.78, 5) is 41.4. The minimum Gasteiger partial charge on any atom is -0.493 e. The highest BCUT2D eigenvalue weighted by atomic mass is 32.1. The Kier molecular flexibility index (Phi) is 8.16. The minimum absolute atomic E-state index is 0.00884. The largest absolute Gasteiger partial charge is 0.493 e. The lowest BCUT2D eigenvalue weighted by Crippen LogP contribution is -2.46. The first-order valence-corrected chi connectivity index (χ1v) is 13.0. The Morgan fingerprint density at radius 3 is 2.39 bits per heavy atom. The van der Waals surface area contributed by atoms with E-state index >= 15 is 0 Å². The van der Waals surface area contributed by atoms with E-state index in [0.29, 0.717) is 22.7 Å². The quantitative estimate of drug-likeness (QED) is 0.377. The second-order valence-electron chi connectivity index (χ2n) is 9.16. The van der Waals surface area contributed by atoms with Crippen LogP contribution in [0.5, 0.6) is 11.5 Å². The van der Waals surface area contributed by atoms with Gasteiger partial charge in [0, 0.05) is 11.7 Å². The molecule has 11 heteroatoms. The van der Waals surface area contributed by atoms with Gasteiger partial charge >= 0.3 is 0 Å². The smallest absolute Gasteiger partial charge is 0.273 e. The summed E-state index contributed by atoms with van der Waals surface area (Å²) in [5.74, 6) is -0.877. The molecule has 0 aliphatic heterocycles. The van der Waals surface area contributed by atoms with Crippen molar-refractivity contribution in [2.45, 2.75) is 44.7 Å². The number of amides is 3. The number of nitrogens with one attached hydrogen (secondary N) is 1. The molecule has 1 heterocycles. The molecule has 38 heavy (non-hydrogen) atoms. The van der Waals surface area contributed by atoms with Crippen LogP contribution < -0.4 is 31.2 Å². The summed E-state index contributed by atoms with van der Waals surface area (Å²) < 4.78 is 14.9. The monoisotopic (exact) mass is 537 g/mol. The van der Waals surface area contributed by atoms with E-state index in [1.807, 2.05) is 13.0 Å². The number of carbonyl (C=O) groups excluding carboxylic acids is 3. The molecule has 1 fully saturated rings. The number of nitrogen functional groups attached to an aromatic ring is 1. The second kappa shape index (κ2) is 11.5. The molecule has 4 rings (SSSR count). The van der Waals surface area contributed by atoms with Gasteiger partial charge in [-0.1, -0.05) is 31.0 Å². The number of primary amides is 1. The number of anilines is 2. The molecule has 1 saturated carbocycles. The number of rotatable bonds is 9. The fourth-order valence-electron chi connectivity index (χ4n) is 4.69. The van der Waals surface area contributed by atoms with Crippen LogP contribution in [-0.4, -0.2) is 42.4 Å². The zero-order valence-corrected chi connectivity index (χ0v) is 22.3. The van der Waals surface area contributed by atoms with Crippen molar-refractivity contribution in [3.8, 4) is 11.5 Å². The SMILES string of the molecule is COc1ccc([C@H](C(=O)NC2CCCC2)N(C(=O)c2snc(C(N)=O)c2N)c2cccc(C)c2)cc1OC. The molecule has 0 unspecified atom stereocenters. The second-order valence-corrected chi connectivity index (χ2v) is 9.93. The zero-order valence-electron chi connectivity index (χ0n) is 21.5. The van der Waals surface area contributed by atoms with Crippen molar-refractivity contribution < 1.29 is 23.9 Å². The van der Waals surface area contributed by atoms with Gasteiger partial charge in [0.25, 0.3) is 11.8 Å². The highest BCUT2D eigenvalue weighted by Gasteiger charge is 2.37. The molecule has 5 N–H and O–H groups in total. The Morgan fingerprint density at radius 2 is 1.79 bits per heavy atom. The van der Waals surface area contributed by atoms with E-state index in [-0.39, 0.29) is 28.2 Å². The number of methoxy groups -OCH3 is 2. The molecule has 0 spiro atoms. The number of nitrogens with two attached hydrogens (primary N) is 2. The molecule has 10 nitrogen and oxygen atoms in total. The summed E-state index contributed by atoms with van der Waals surface area (Å²) in [7, 11) is 3.02. The third kappa shape index (κ3) is 5.42. The van der Waals surface area contributed by atoms with Gasteiger partial charge in [0.05, 0.1) is 19.9 Å². The topological polar surface area (TPSA) is 150 Å². The number of hydrogen-bond acceptors (Lipinski definition) is 8. The van der Waals surface area contributed by atoms with Crippen molar-refractivity contribution >= 4 is 40.6 Å². The number of nitrogens with zero attached hydrogens (tertiary/aromatic N) is 2. The molecule has 200 valence electrons. The summed E-state index contributed by atoms with van der Waals surface area (Å²) in [5.41, 5.74) is 13.1. The molecule has 2 aromatic carbocycles. The first-order chi connectivity index (χ1) is 18.2. The first kappa shape index (κ1) is 26.9. The van der Waals surface area contributed by atoms with Crippen molar-refractivity contribution in [1.82, 2.24) is 9.69 Å². The summed E-state index contributed by atoms with van der Waals surface area (Å²) >= 11 is 0.767. The molecule has 0 bridgehead atoms. The zero-order chi connectivity index (χ0) is 27.4. The lowest BCUT2D eigenvalue weighted by Gasteiger charge is -2.32. The van der Waals surface area contributed by atoms with E-state index in [9.17, 15) is 14.4 Å². The van der Waals surface area contributed by atoms with Gasteiger partial charge in [0.1, 0.15) is 10.9 Å². The summed E-state index contributed by atoms with van der Waals surface area (Å²) in [5, 5.41) is 3.13. The third-order valence-corrected chi connectivity index (χ3v) is 7.44. The van der Waals surface area contributed by atoms with Crippen molar-refractivity contribution in [3.05, 3.63) is 64.2 Å². The normalized spacial score (nSPS) is 14.1. The number of benzene rings is 2. The average Bonchev–Trinajstić information content (AvgIpc) is 3.55. The van der Waals surface area contributed by atoms with Gasteiger partial charge in [-0.25, -0.2) is 0 Å². The van der Waals surface area contributed by atoms with Crippen LogP contribution >= 0.6 is 11.5 Å². The molecule has 1 aliphatic carbocycles. The molecule has 1 aliphatic rings. The molecule has 3 aromatic rings. The van der Waals surface area contributed by atoms with E-state index in [1.165, 1.54) is 19.1 Å². The average molecular weight is 538 g/mol. The Hall–Kier alpha value is -4.12. The van der Waals surface area contributed by atoms with Crippen molar-refractivity contribution in [1.29, 1.82) is 0 Å². The predicted octanol–water partition coefficient (Wildman–Crippen LogP) is 3.60. The number of aromatic nitrogens is 1. The van der Waals surface area contributed by atoms with E-state index in [1.54, 1.807) is 36.4 Å². The van der Waals surface area contributed by atoms with Crippen LogP contribution in [0.25, 0.3) is 0 Å². The Balaban J connectivity index is 1.90. The van der Waals surface area contributed by atoms with Gasteiger partial charge in [0.2, 0.25) is 5.91 Å². The standard InChI is InChI=1S/C27H31N5O5S/c1-15-7-6-10-18(13-15)32(27(35)24-21(28)22(25(29)33)31-38-24)23(26(34)30-17-8-4-5-9-17)16-11-12-19(36-2)20(14-16)37-3/h6-7,10-14,17,23H,4-5,8-9,28H2,1-3H3,(H2,29,33)(H,30,34)/t23-/m1/s1. The minimum atomic E-state index is -1.09. The number of ether oxygens (including phenoxy) is 2. The summed E-state index contributed by atoms with van der Waals surface area (Å²) in [6.45, 7) is 1.89. The first-order valence-electron chi connectivity index (χ1n) is 12.2. The molecule has 0 radical (unpaired) electrons. The fraction of sp³-hybridized carbons (Fsp3) is 0.333. The van der Waals surface area contributed by atoms with E-state index in [4.69, 9.17) is 20.9 Å². The Morgan fingerprint density at radius 1 is 1.08 bits per heavy atom. The van der Waals surface area contributed by atoms with Crippen LogP contribution in [0, 0.1) is 6.92 Å². The van der Waals surface area contributed by atoms with Crippen LogP contribution in [0.2, 0.25) is 0 Å². The van der Waals surface area contributed by atoms with Gasteiger partial charge in [-0.3, -0.25) is 19.3 Å². The van der Waals surface area contributed by atoms with Crippen molar-refractivity contribution in [3.63, 3.8) is 0 Å². The van der Waals surface area contributed by atoms with Gasteiger partial charge in [0.15, 0.2) is 17.2 Å². The highest BCUT2D eigenvalue weighted by Crippen LogP contribution is 2.37. The van der Waals surface area contributed by atoms with Gasteiger partial charge in [-0.05, 0) is 66.7 Å². The van der Waals surface area contributed by atoms with Crippen LogP contribution in [-0.2, 0) is 4.79 Å². The lowest BCUT2D eigenvalue weighted by molar-refractivity contribution is -0.123. The maximum Gasteiger partial charge on any atom is 0.273 e. The molecule has 1 aromatic heterocycles. The van der Waals surface area contributed by atoms with Crippen LogP contribution in [0.1, 0.15) is 63.0 Å². The predicted molar refractivity (Wildman–Crippen MR) is 146 cm³/mol. The van der Waals surface area contributed by atoms with Crippen molar-refractivity contribution in [2.75, 3.05) is 24.9 Å². The van der Waals surface area contributed by atoms with Crippen LogP contribution in [0.15, 0.2) is 42.5 Å². The third-order valence-electron chi connectivity index (χ3n) is 6.59. The molecule has 1 atom stereocenters. The molecule has 0 saturated heterocycles. The van der Waals surface area contributed by atoms with E-state index in [2.05, 4.69) is 9.69 Å². The van der Waals surface area contributed by atoms with E-state index in [0.717, 1.165) is 42.8 Å². The van der Waals surface area contributed by atoms with Gasteiger partial charge < -0.3 is 26.3 Å². The van der Waals surface area contributed by atoms with Crippen LogP contribution in [0.4, 0.5) is 11.4 Å². The number of aryl methyl sites for hydroxylation is 1. The van der Waals surface area contributed by atoms with Gasteiger partial charge in [-0.2, -0.15) is 4.37 Å². The number of hydrogen-bond donors (Lipinski definition) is 3. The molecular weight excluding hydrogens is 506 g/mol. The summed E-state index contributed by atoms with van der Waals surface area (Å²) in [6.07, 6.45) is 3.79. The summed E-state index contributed by atoms with van der Waals surface area (Å²) in [6, 6.07) is 11.3. The number of carbonyl (C=O) groups is 3. The fourth-order valence-corrected chi connectivity index (χ4v) is 5.43.